The Balaban J connectivity index is 2.25. The van der Waals surface area contributed by atoms with E-state index in [1.807, 2.05) is 6.92 Å². The van der Waals surface area contributed by atoms with Gasteiger partial charge in [-0.15, -0.1) is 0 Å². The molecular formula is C10H17F3N2OS. The number of thioether (sulfide) groups is 1. The first-order valence-electron chi connectivity index (χ1n) is 5.67. The molecule has 0 aliphatic carbocycles. The van der Waals surface area contributed by atoms with Crippen molar-refractivity contribution >= 4 is 17.7 Å². The molecule has 1 rings (SSSR count). The lowest BCUT2D eigenvalue weighted by Crippen LogP contribution is -2.39. The zero-order valence-corrected chi connectivity index (χ0v) is 10.5. The van der Waals surface area contributed by atoms with Crippen molar-refractivity contribution in [2.45, 2.75) is 31.3 Å². The topological polar surface area (TPSA) is 32.3 Å². The van der Waals surface area contributed by atoms with Gasteiger partial charge < -0.3 is 10.2 Å². The van der Waals surface area contributed by atoms with Crippen LogP contribution in [0.3, 0.4) is 0 Å². The fourth-order valence-corrected chi connectivity index (χ4v) is 2.28. The first-order chi connectivity index (χ1) is 7.94. The standard InChI is InChI=1S/C10H17F3N2OS/c1-2-4-14-8-3-5-15(9(8)16)6-7-17-10(11,12)13/h8,14H,2-7H2,1H3. The minimum atomic E-state index is -4.21. The number of rotatable bonds is 6. The summed E-state index contributed by atoms with van der Waals surface area (Å²) in [4.78, 5) is 13.2. The molecule has 17 heavy (non-hydrogen) atoms. The molecule has 1 fully saturated rings. The third kappa shape index (κ3) is 5.16. The molecule has 0 saturated carbocycles. The molecule has 0 aromatic rings. The second-order valence-electron chi connectivity index (χ2n) is 3.91. The Morgan fingerprint density at radius 1 is 1.53 bits per heavy atom. The molecular weight excluding hydrogens is 253 g/mol. The molecule has 1 amide bonds. The average Bonchev–Trinajstić information content (AvgIpc) is 2.56. The molecule has 1 saturated heterocycles. The number of alkyl halides is 3. The van der Waals surface area contributed by atoms with Crippen LogP contribution in [-0.2, 0) is 4.79 Å². The van der Waals surface area contributed by atoms with Crippen LogP contribution in [0.25, 0.3) is 0 Å². The highest BCUT2D eigenvalue weighted by molar-refractivity contribution is 8.00. The van der Waals surface area contributed by atoms with Crippen LogP contribution >= 0.6 is 11.8 Å². The summed E-state index contributed by atoms with van der Waals surface area (Å²) in [5.74, 6) is -0.156. The van der Waals surface area contributed by atoms with Crippen LogP contribution in [0.4, 0.5) is 13.2 Å². The number of hydrogen-bond donors (Lipinski definition) is 1. The maximum Gasteiger partial charge on any atom is 0.441 e. The van der Waals surface area contributed by atoms with Gasteiger partial charge in [0.2, 0.25) is 5.91 Å². The van der Waals surface area contributed by atoms with Crippen LogP contribution in [0.1, 0.15) is 19.8 Å². The van der Waals surface area contributed by atoms with Crippen molar-refractivity contribution < 1.29 is 18.0 Å². The predicted molar refractivity (Wildman–Crippen MR) is 61.8 cm³/mol. The highest BCUT2D eigenvalue weighted by Gasteiger charge is 2.32. The molecule has 7 heteroatoms. The molecule has 0 aromatic carbocycles. The first kappa shape index (κ1) is 14.6. The van der Waals surface area contributed by atoms with E-state index in [1.165, 1.54) is 4.90 Å². The lowest BCUT2D eigenvalue weighted by Gasteiger charge is -2.17. The number of carbonyl (C=O) groups excluding carboxylic acids is 1. The van der Waals surface area contributed by atoms with Crippen molar-refractivity contribution in [3.05, 3.63) is 0 Å². The van der Waals surface area contributed by atoms with E-state index in [-0.39, 0.29) is 36.0 Å². The Morgan fingerprint density at radius 2 is 2.24 bits per heavy atom. The van der Waals surface area contributed by atoms with Gasteiger partial charge in [0.1, 0.15) is 0 Å². The van der Waals surface area contributed by atoms with Gasteiger partial charge in [-0.1, -0.05) is 6.92 Å². The number of carbonyl (C=O) groups is 1. The Hall–Kier alpha value is -0.430. The Labute approximate surface area is 103 Å². The summed E-state index contributed by atoms with van der Waals surface area (Å²) in [6, 6.07) is -0.203. The fraction of sp³-hybridized carbons (Fsp3) is 0.900. The van der Waals surface area contributed by atoms with Gasteiger partial charge in [0.15, 0.2) is 0 Å². The SMILES string of the molecule is CCCNC1CCN(CCSC(F)(F)F)C1=O. The second-order valence-corrected chi connectivity index (χ2v) is 5.07. The summed E-state index contributed by atoms with van der Waals surface area (Å²) in [6.45, 7) is 3.50. The molecule has 0 spiro atoms. The Morgan fingerprint density at radius 3 is 2.82 bits per heavy atom. The molecule has 0 radical (unpaired) electrons. The molecule has 100 valence electrons. The third-order valence-corrected chi connectivity index (χ3v) is 3.28. The highest BCUT2D eigenvalue weighted by atomic mass is 32.2. The number of hydrogen-bond acceptors (Lipinski definition) is 3. The average molecular weight is 270 g/mol. The number of halogens is 3. The summed E-state index contributed by atoms with van der Waals surface area (Å²) in [7, 11) is 0. The van der Waals surface area contributed by atoms with Gasteiger partial charge in [-0.05, 0) is 31.1 Å². The van der Waals surface area contributed by atoms with E-state index < -0.39 is 5.51 Å². The monoisotopic (exact) mass is 270 g/mol. The predicted octanol–water partition coefficient (Wildman–Crippen LogP) is 1.84. The summed E-state index contributed by atoms with van der Waals surface area (Å²) in [6.07, 6.45) is 1.63. The van der Waals surface area contributed by atoms with Gasteiger partial charge in [0, 0.05) is 18.8 Å². The quantitative estimate of drug-likeness (QED) is 0.799. The summed E-state index contributed by atoms with van der Waals surface area (Å²) in [5.41, 5.74) is -4.21. The molecule has 0 aromatic heterocycles. The van der Waals surface area contributed by atoms with Gasteiger partial charge >= 0.3 is 5.51 Å². The van der Waals surface area contributed by atoms with Crippen molar-refractivity contribution in [3.63, 3.8) is 0 Å². The van der Waals surface area contributed by atoms with Crippen molar-refractivity contribution in [3.8, 4) is 0 Å². The summed E-state index contributed by atoms with van der Waals surface area (Å²) in [5, 5.41) is 3.10. The maximum absolute atomic E-state index is 11.9. The number of nitrogens with zero attached hydrogens (tertiary/aromatic N) is 1. The second kappa shape index (κ2) is 6.49. The number of nitrogens with one attached hydrogen (secondary N) is 1. The molecule has 1 aliphatic rings. The van der Waals surface area contributed by atoms with Crippen LogP contribution in [0.5, 0.6) is 0 Å². The van der Waals surface area contributed by atoms with Gasteiger partial charge in [-0.2, -0.15) is 13.2 Å². The third-order valence-electron chi connectivity index (χ3n) is 2.57. The van der Waals surface area contributed by atoms with Crippen LogP contribution in [0.2, 0.25) is 0 Å². The van der Waals surface area contributed by atoms with Gasteiger partial charge in [-0.3, -0.25) is 4.79 Å². The molecule has 1 atom stereocenters. The van der Waals surface area contributed by atoms with E-state index in [4.69, 9.17) is 0 Å². The zero-order valence-electron chi connectivity index (χ0n) is 9.72. The number of amides is 1. The molecule has 1 unspecified atom stereocenters. The van der Waals surface area contributed by atoms with Crippen molar-refractivity contribution in [2.75, 3.05) is 25.4 Å². The molecule has 1 N–H and O–H groups in total. The summed E-state index contributed by atoms with van der Waals surface area (Å²) < 4.78 is 35.8. The van der Waals surface area contributed by atoms with Crippen LogP contribution < -0.4 is 5.32 Å². The molecule has 1 heterocycles. The maximum atomic E-state index is 11.9. The van der Waals surface area contributed by atoms with Crippen molar-refractivity contribution in [1.29, 1.82) is 0 Å². The van der Waals surface area contributed by atoms with Gasteiger partial charge in [-0.25, -0.2) is 0 Å². The van der Waals surface area contributed by atoms with E-state index in [0.29, 0.717) is 13.0 Å². The first-order valence-corrected chi connectivity index (χ1v) is 6.65. The number of likely N-dealkylation sites (tertiary alicyclic amines) is 1. The molecule has 3 nitrogen and oxygen atoms in total. The van der Waals surface area contributed by atoms with Gasteiger partial charge in [0.25, 0.3) is 0 Å². The zero-order chi connectivity index (χ0) is 12.9. The lowest BCUT2D eigenvalue weighted by atomic mass is 10.2. The Kier molecular flexibility index (Phi) is 5.58. The van der Waals surface area contributed by atoms with E-state index in [2.05, 4.69) is 5.32 Å². The van der Waals surface area contributed by atoms with Crippen LogP contribution in [0.15, 0.2) is 0 Å². The van der Waals surface area contributed by atoms with Crippen LogP contribution in [-0.4, -0.2) is 47.7 Å². The highest BCUT2D eigenvalue weighted by Crippen LogP contribution is 2.30. The largest absolute Gasteiger partial charge is 0.441 e. The van der Waals surface area contributed by atoms with E-state index in [9.17, 15) is 18.0 Å². The minimum Gasteiger partial charge on any atom is -0.340 e. The normalized spacial score (nSPS) is 21.3. The van der Waals surface area contributed by atoms with Crippen molar-refractivity contribution in [1.82, 2.24) is 10.2 Å². The fourth-order valence-electron chi connectivity index (χ4n) is 1.74. The van der Waals surface area contributed by atoms with E-state index in [1.54, 1.807) is 0 Å². The summed E-state index contributed by atoms with van der Waals surface area (Å²) >= 11 is -0.0728. The molecule has 0 bridgehead atoms. The van der Waals surface area contributed by atoms with Gasteiger partial charge in [0.05, 0.1) is 6.04 Å². The molecule has 1 aliphatic heterocycles. The van der Waals surface area contributed by atoms with E-state index >= 15 is 0 Å². The van der Waals surface area contributed by atoms with Crippen molar-refractivity contribution in [2.24, 2.45) is 0 Å². The Bertz CT molecular complexity index is 260. The minimum absolute atomic E-state index is 0.0683. The van der Waals surface area contributed by atoms with Crippen LogP contribution in [0, 0.1) is 0 Å². The lowest BCUT2D eigenvalue weighted by molar-refractivity contribution is -0.129. The van der Waals surface area contributed by atoms with E-state index in [0.717, 1.165) is 13.0 Å². The smallest absolute Gasteiger partial charge is 0.340 e.